The zero-order valence-electron chi connectivity index (χ0n) is 29.6. The van der Waals surface area contributed by atoms with Crippen LogP contribution in [0.25, 0.3) is 89.1 Å². The van der Waals surface area contributed by atoms with Crippen LogP contribution in [0.15, 0.2) is 176 Å². The minimum absolute atomic E-state index is 0.665. The summed E-state index contributed by atoms with van der Waals surface area (Å²) in [6, 6.07) is 62.7. The van der Waals surface area contributed by atoms with E-state index in [4.69, 9.17) is 15.0 Å². The van der Waals surface area contributed by atoms with Gasteiger partial charge in [0.25, 0.3) is 0 Å². The molecule has 0 radical (unpaired) electrons. The van der Waals surface area contributed by atoms with Crippen LogP contribution in [0.3, 0.4) is 0 Å². The largest absolute Gasteiger partial charge is 0.208 e. The quantitative estimate of drug-likeness (QED) is 0.168. The van der Waals surface area contributed by atoms with Crippen LogP contribution in [0, 0.1) is 0 Å². The molecule has 53 heavy (non-hydrogen) atoms. The van der Waals surface area contributed by atoms with E-state index in [1.54, 1.807) is 0 Å². The molecule has 0 saturated heterocycles. The van der Waals surface area contributed by atoms with E-state index in [2.05, 4.69) is 189 Å². The average Bonchev–Trinajstić information content (AvgIpc) is 3.47. The molecule has 0 saturated carbocycles. The predicted octanol–water partition coefficient (Wildman–Crippen LogP) is 11.3. The Morgan fingerprint density at radius 2 is 0.755 bits per heavy atom. The minimum Gasteiger partial charge on any atom is -0.208 e. The van der Waals surface area contributed by atoms with E-state index in [1.165, 1.54) is 48.8 Å². The van der Waals surface area contributed by atoms with Crippen molar-refractivity contribution < 1.29 is 0 Å². The summed E-state index contributed by atoms with van der Waals surface area (Å²) in [5.41, 5.74) is 10.3. The highest BCUT2D eigenvalue weighted by molar-refractivity contribution is 7.05. The van der Waals surface area contributed by atoms with Gasteiger partial charge in [0.2, 0.25) is 0 Å². The lowest BCUT2D eigenvalue weighted by Gasteiger charge is -2.23. The molecule has 9 aromatic rings. The molecular formula is C49H35N3Si. The summed E-state index contributed by atoms with van der Waals surface area (Å²) in [5, 5.41) is 7.79. The fraction of sp³-hybridized carbons (Fsp3) is 0.0408. The van der Waals surface area contributed by atoms with Crippen molar-refractivity contribution in [3.05, 3.63) is 176 Å². The van der Waals surface area contributed by atoms with Gasteiger partial charge in [0.15, 0.2) is 17.5 Å². The van der Waals surface area contributed by atoms with Gasteiger partial charge in [-0.2, -0.15) is 0 Å². The third kappa shape index (κ3) is 5.06. The Kier molecular flexibility index (Phi) is 7.27. The van der Waals surface area contributed by atoms with Gasteiger partial charge in [0.1, 0.15) is 8.07 Å². The van der Waals surface area contributed by atoms with Crippen molar-refractivity contribution in [2.45, 2.75) is 13.1 Å². The molecule has 1 aliphatic heterocycles. The number of fused-ring (bicyclic) bond motifs is 6. The maximum atomic E-state index is 5.42. The van der Waals surface area contributed by atoms with Crippen LogP contribution >= 0.6 is 0 Å². The van der Waals surface area contributed by atoms with Crippen LogP contribution in [0.1, 0.15) is 0 Å². The minimum atomic E-state index is -2.22. The Labute approximate surface area is 310 Å². The van der Waals surface area contributed by atoms with Gasteiger partial charge in [-0.25, -0.2) is 15.0 Å². The van der Waals surface area contributed by atoms with Crippen LogP contribution in [-0.4, -0.2) is 23.0 Å². The molecule has 1 aliphatic rings. The molecule has 0 aliphatic carbocycles. The third-order valence-electron chi connectivity index (χ3n) is 10.9. The van der Waals surface area contributed by atoms with Crippen molar-refractivity contribution in [2.75, 3.05) is 0 Å². The molecule has 250 valence electrons. The molecule has 0 amide bonds. The highest BCUT2D eigenvalue weighted by Crippen LogP contribution is 2.39. The Morgan fingerprint density at radius 3 is 1.47 bits per heavy atom. The maximum Gasteiger partial charge on any atom is 0.164 e. The number of rotatable bonds is 5. The van der Waals surface area contributed by atoms with E-state index in [0.717, 1.165) is 33.2 Å². The van der Waals surface area contributed by atoms with Gasteiger partial charge in [-0.15, -0.1) is 0 Å². The average molecular weight is 694 g/mol. The van der Waals surface area contributed by atoms with E-state index in [-0.39, 0.29) is 0 Å². The van der Waals surface area contributed by atoms with E-state index in [1.807, 2.05) is 0 Å². The second-order valence-electron chi connectivity index (χ2n) is 14.4. The fourth-order valence-corrected chi connectivity index (χ4v) is 12.4. The van der Waals surface area contributed by atoms with E-state index in [0.29, 0.717) is 17.5 Å². The Bertz CT molecular complexity index is 2860. The molecule has 0 bridgehead atoms. The van der Waals surface area contributed by atoms with Crippen molar-refractivity contribution in [1.29, 1.82) is 0 Å². The lowest BCUT2D eigenvalue weighted by atomic mass is 9.94. The smallest absolute Gasteiger partial charge is 0.164 e. The summed E-state index contributed by atoms with van der Waals surface area (Å²) in [4.78, 5) is 16.2. The number of nitrogens with zero attached hydrogens (tertiary/aromatic N) is 3. The summed E-state index contributed by atoms with van der Waals surface area (Å²) in [5.74, 6) is 2.04. The number of aromatic nitrogens is 3. The second-order valence-corrected chi connectivity index (χ2v) is 18.6. The molecule has 1 aromatic heterocycles. The van der Waals surface area contributed by atoms with Crippen LogP contribution in [-0.2, 0) is 0 Å². The normalized spacial score (nSPS) is 12.9. The molecule has 0 atom stereocenters. The monoisotopic (exact) mass is 693 g/mol. The fourth-order valence-electron chi connectivity index (χ4n) is 8.58. The van der Waals surface area contributed by atoms with Crippen LogP contribution in [0.5, 0.6) is 0 Å². The Morgan fingerprint density at radius 1 is 0.302 bits per heavy atom. The van der Waals surface area contributed by atoms with Crippen LogP contribution in [0.2, 0.25) is 13.1 Å². The van der Waals surface area contributed by atoms with Gasteiger partial charge in [0.05, 0.1) is 0 Å². The second kappa shape index (κ2) is 12.3. The molecule has 2 heterocycles. The predicted molar refractivity (Wildman–Crippen MR) is 224 cm³/mol. The van der Waals surface area contributed by atoms with Crippen molar-refractivity contribution >= 4 is 40.0 Å². The zero-order valence-corrected chi connectivity index (χ0v) is 30.6. The molecular weight excluding hydrogens is 659 g/mol. The van der Waals surface area contributed by atoms with Gasteiger partial charge >= 0.3 is 0 Å². The van der Waals surface area contributed by atoms with E-state index < -0.39 is 8.07 Å². The Hall–Kier alpha value is -6.49. The number of hydrogen-bond acceptors (Lipinski definition) is 3. The first-order valence-electron chi connectivity index (χ1n) is 18.2. The van der Waals surface area contributed by atoms with Gasteiger partial charge in [-0.1, -0.05) is 183 Å². The molecule has 0 fully saturated rings. The highest BCUT2D eigenvalue weighted by Gasteiger charge is 2.41. The van der Waals surface area contributed by atoms with Gasteiger partial charge in [-0.3, -0.25) is 0 Å². The molecule has 0 spiro atoms. The topological polar surface area (TPSA) is 38.7 Å². The van der Waals surface area contributed by atoms with E-state index in [9.17, 15) is 0 Å². The summed E-state index contributed by atoms with van der Waals surface area (Å²) in [6.07, 6.45) is 0. The maximum absolute atomic E-state index is 5.42. The van der Waals surface area contributed by atoms with Gasteiger partial charge in [0, 0.05) is 16.7 Å². The van der Waals surface area contributed by atoms with Crippen molar-refractivity contribution in [1.82, 2.24) is 15.0 Å². The van der Waals surface area contributed by atoms with E-state index >= 15 is 0 Å². The third-order valence-corrected chi connectivity index (χ3v) is 14.5. The van der Waals surface area contributed by atoms with Gasteiger partial charge in [-0.05, 0) is 71.4 Å². The van der Waals surface area contributed by atoms with Gasteiger partial charge < -0.3 is 0 Å². The Balaban J connectivity index is 1.24. The lowest BCUT2D eigenvalue weighted by molar-refractivity contribution is 1.08. The lowest BCUT2D eigenvalue weighted by Crippen LogP contribution is -2.50. The summed E-state index contributed by atoms with van der Waals surface area (Å²) >= 11 is 0. The van der Waals surface area contributed by atoms with Crippen molar-refractivity contribution in [3.63, 3.8) is 0 Å². The number of benzene rings is 8. The SMILES string of the molecule is C[Si]1(C)c2c(-c3nc(-c4ccccc4-c4ccccc4)nc(-c4ccc(-c5ccccc5)c5ccccc45)n3)cccc2-c2ccc3ccccc3c21. The standard InChI is InChI=1S/C49H35N3Si/c1-53(2)45-37-22-10-9-20-34(37)28-29-41(45)40-26-15-27-44(46(40)53)49-51-47(42-25-14-11-21-35(42)32-16-5-3-6-17-32)50-48(52-49)43-31-30-36(33-18-7-4-8-19-33)38-23-12-13-24-39(38)43/h3-31H,1-2H3. The number of hydrogen-bond donors (Lipinski definition) is 0. The molecule has 0 unspecified atom stereocenters. The first-order chi connectivity index (χ1) is 26.1. The van der Waals surface area contributed by atoms with Crippen LogP contribution in [0.4, 0.5) is 0 Å². The first kappa shape index (κ1) is 31.3. The van der Waals surface area contributed by atoms with Crippen molar-refractivity contribution in [3.8, 4) is 67.5 Å². The summed E-state index contributed by atoms with van der Waals surface area (Å²) in [7, 11) is -2.22. The van der Waals surface area contributed by atoms with Crippen molar-refractivity contribution in [2.24, 2.45) is 0 Å². The molecule has 10 rings (SSSR count). The highest BCUT2D eigenvalue weighted by atomic mass is 28.3. The molecule has 8 aromatic carbocycles. The summed E-state index contributed by atoms with van der Waals surface area (Å²) in [6.45, 7) is 4.97. The first-order valence-corrected chi connectivity index (χ1v) is 21.2. The molecule has 3 nitrogen and oxygen atoms in total. The molecule has 0 N–H and O–H groups in total. The summed E-state index contributed by atoms with van der Waals surface area (Å²) < 4.78 is 0. The zero-order chi connectivity index (χ0) is 35.5. The molecule has 4 heteroatoms. The van der Waals surface area contributed by atoms with Crippen LogP contribution < -0.4 is 10.4 Å².